The van der Waals surface area contributed by atoms with Crippen LogP contribution < -0.4 is 5.32 Å². The van der Waals surface area contributed by atoms with Gasteiger partial charge in [-0.15, -0.1) is 0 Å². The van der Waals surface area contributed by atoms with Gasteiger partial charge in [0, 0.05) is 6.04 Å². The van der Waals surface area contributed by atoms with Crippen molar-refractivity contribution in [1.82, 2.24) is 0 Å². The Morgan fingerprint density at radius 2 is 2.06 bits per heavy atom. The van der Waals surface area contributed by atoms with Crippen LogP contribution in [0.4, 0.5) is 23.2 Å². The van der Waals surface area contributed by atoms with E-state index in [1.807, 2.05) is 0 Å². The van der Waals surface area contributed by atoms with Crippen LogP contribution in [0.25, 0.3) is 0 Å². The maximum atomic E-state index is 13.4. The van der Waals surface area contributed by atoms with Crippen molar-refractivity contribution in [2.75, 3.05) is 5.32 Å². The second-order valence-electron chi connectivity index (χ2n) is 3.84. The van der Waals surface area contributed by atoms with Crippen molar-refractivity contribution in [3.8, 4) is 0 Å². The van der Waals surface area contributed by atoms with E-state index in [0.29, 0.717) is 6.07 Å². The molecule has 1 unspecified atom stereocenters. The number of hydrogen-bond acceptors (Lipinski definition) is 2. The van der Waals surface area contributed by atoms with Crippen LogP contribution in [0.2, 0.25) is 0 Å². The highest BCUT2D eigenvalue weighted by Gasteiger charge is 2.31. The number of hydrogen-bond donors (Lipinski definition) is 2. The topological polar surface area (TPSA) is 49.3 Å². The summed E-state index contributed by atoms with van der Waals surface area (Å²) in [5.41, 5.74) is -1.24. The van der Waals surface area contributed by atoms with Crippen molar-refractivity contribution >= 4 is 11.7 Å². The molecule has 3 nitrogen and oxygen atoms in total. The molecule has 0 radical (unpaired) electrons. The van der Waals surface area contributed by atoms with Crippen molar-refractivity contribution in [2.45, 2.75) is 25.6 Å². The van der Waals surface area contributed by atoms with Crippen LogP contribution in [0, 0.1) is 5.82 Å². The first-order valence-corrected chi connectivity index (χ1v) is 5.05. The Bertz CT molecular complexity index is 445. The van der Waals surface area contributed by atoms with Crippen LogP contribution in [0.5, 0.6) is 0 Å². The fourth-order valence-electron chi connectivity index (χ4n) is 1.39. The number of carboxylic acids is 1. The lowest BCUT2D eigenvalue weighted by atomic mass is 10.1. The van der Waals surface area contributed by atoms with Crippen molar-refractivity contribution in [1.29, 1.82) is 0 Å². The van der Waals surface area contributed by atoms with Crippen LogP contribution in [0.15, 0.2) is 18.2 Å². The van der Waals surface area contributed by atoms with Crippen molar-refractivity contribution in [2.24, 2.45) is 0 Å². The van der Waals surface area contributed by atoms with Crippen LogP contribution >= 0.6 is 0 Å². The molecule has 0 saturated carbocycles. The average molecular weight is 265 g/mol. The van der Waals surface area contributed by atoms with Gasteiger partial charge in [-0.25, -0.2) is 4.39 Å². The number of carboxylic acid groups (broad SMARTS) is 1. The fourth-order valence-corrected chi connectivity index (χ4v) is 1.39. The lowest BCUT2D eigenvalue weighted by Crippen LogP contribution is -2.20. The Morgan fingerprint density at radius 1 is 1.44 bits per heavy atom. The summed E-state index contributed by atoms with van der Waals surface area (Å²) in [6.07, 6.45) is -4.87. The van der Waals surface area contributed by atoms with Crippen molar-refractivity contribution in [3.63, 3.8) is 0 Å². The number of halogens is 4. The van der Waals surface area contributed by atoms with E-state index in [1.54, 1.807) is 0 Å². The maximum absolute atomic E-state index is 13.4. The zero-order valence-electron chi connectivity index (χ0n) is 9.38. The van der Waals surface area contributed by atoms with Gasteiger partial charge in [0.2, 0.25) is 0 Å². The van der Waals surface area contributed by atoms with Gasteiger partial charge in [0.1, 0.15) is 5.82 Å². The molecule has 100 valence electrons. The zero-order valence-corrected chi connectivity index (χ0v) is 9.38. The third-order valence-corrected chi connectivity index (χ3v) is 2.18. The van der Waals surface area contributed by atoms with Gasteiger partial charge in [0.05, 0.1) is 17.7 Å². The predicted molar refractivity (Wildman–Crippen MR) is 56.7 cm³/mol. The molecule has 1 rings (SSSR count). The molecule has 1 aromatic carbocycles. The molecule has 0 saturated heterocycles. The molecule has 1 aromatic rings. The molecule has 0 amide bonds. The Kier molecular flexibility index (Phi) is 4.15. The fraction of sp³-hybridized carbons (Fsp3) is 0.364. The third-order valence-electron chi connectivity index (χ3n) is 2.18. The Balaban J connectivity index is 2.83. The number of rotatable bonds is 4. The van der Waals surface area contributed by atoms with E-state index < -0.39 is 29.6 Å². The summed E-state index contributed by atoms with van der Waals surface area (Å²) in [4.78, 5) is 10.4. The second-order valence-corrected chi connectivity index (χ2v) is 3.84. The number of carbonyl (C=O) groups is 1. The highest BCUT2D eigenvalue weighted by molar-refractivity contribution is 5.68. The zero-order chi connectivity index (χ0) is 13.9. The summed E-state index contributed by atoms with van der Waals surface area (Å²) in [7, 11) is 0. The van der Waals surface area contributed by atoms with Crippen LogP contribution in [-0.4, -0.2) is 17.1 Å². The van der Waals surface area contributed by atoms with E-state index >= 15 is 0 Å². The molecule has 0 aliphatic rings. The quantitative estimate of drug-likeness (QED) is 0.822. The van der Waals surface area contributed by atoms with E-state index in [9.17, 15) is 22.4 Å². The molecule has 1 atom stereocenters. The van der Waals surface area contributed by atoms with E-state index in [4.69, 9.17) is 5.11 Å². The van der Waals surface area contributed by atoms with Gasteiger partial charge < -0.3 is 10.4 Å². The number of nitrogens with one attached hydrogen (secondary N) is 1. The summed E-state index contributed by atoms with van der Waals surface area (Å²) < 4.78 is 50.2. The van der Waals surface area contributed by atoms with Gasteiger partial charge in [-0.2, -0.15) is 13.2 Å². The van der Waals surface area contributed by atoms with E-state index in [-0.39, 0.29) is 12.1 Å². The van der Waals surface area contributed by atoms with Gasteiger partial charge in [0.25, 0.3) is 0 Å². The van der Waals surface area contributed by atoms with Crippen LogP contribution in [0.1, 0.15) is 18.9 Å². The molecular weight excluding hydrogens is 254 g/mol. The van der Waals surface area contributed by atoms with Crippen LogP contribution in [-0.2, 0) is 11.0 Å². The largest absolute Gasteiger partial charge is 0.481 e. The lowest BCUT2D eigenvalue weighted by Gasteiger charge is -2.15. The van der Waals surface area contributed by atoms with E-state index in [0.717, 1.165) is 12.1 Å². The second kappa shape index (κ2) is 5.24. The third kappa shape index (κ3) is 3.90. The molecule has 0 aliphatic heterocycles. The van der Waals surface area contributed by atoms with Crippen molar-refractivity contribution < 1.29 is 27.5 Å². The van der Waals surface area contributed by atoms with Gasteiger partial charge in [-0.3, -0.25) is 4.79 Å². The average Bonchev–Trinajstić information content (AvgIpc) is 2.18. The van der Waals surface area contributed by atoms with Gasteiger partial charge in [0.15, 0.2) is 0 Å². The first kappa shape index (κ1) is 14.3. The minimum Gasteiger partial charge on any atom is -0.481 e. The molecule has 0 bridgehead atoms. The standard InChI is InChI=1S/C11H11F4NO2/c1-6(4-10(17)18)16-9-3-2-7(5-8(9)12)11(13,14)15/h2-3,5-6,16H,4H2,1H3,(H,17,18). The molecule has 0 aliphatic carbocycles. The molecule has 18 heavy (non-hydrogen) atoms. The predicted octanol–water partition coefficient (Wildman–Crippen LogP) is 3.12. The minimum absolute atomic E-state index is 0.156. The SMILES string of the molecule is CC(CC(=O)O)Nc1ccc(C(F)(F)F)cc1F. The molecule has 0 spiro atoms. The highest BCUT2D eigenvalue weighted by atomic mass is 19.4. The van der Waals surface area contributed by atoms with E-state index in [2.05, 4.69) is 5.32 Å². The normalized spacial score (nSPS) is 13.2. The number of benzene rings is 1. The molecule has 0 heterocycles. The van der Waals surface area contributed by atoms with Gasteiger partial charge in [-0.05, 0) is 25.1 Å². The van der Waals surface area contributed by atoms with Crippen LogP contribution in [0.3, 0.4) is 0 Å². The van der Waals surface area contributed by atoms with E-state index in [1.165, 1.54) is 6.92 Å². The number of anilines is 1. The lowest BCUT2D eigenvalue weighted by molar-refractivity contribution is -0.138. The summed E-state index contributed by atoms with van der Waals surface area (Å²) in [6, 6.07) is 1.46. The monoisotopic (exact) mass is 265 g/mol. The Morgan fingerprint density at radius 3 is 2.50 bits per heavy atom. The summed E-state index contributed by atoms with van der Waals surface area (Å²) in [5, 5.41) is 11.0. The Hall–Kier alpha value is -1.79. The summed E-state index contributed by atoms with van der Waals surface area (Å²) >= 11 is 0. The number of alkyl halides is 3. The van der Waals surface area contributed by atoms with Gasteiger partial charge >= 0.3 is 12.1 Å². The minimum atomic E-state index is -4.61. The van der Waals surface area contributed by atoms with Gasteiger partial charge in [-0.1, -0.05) is 0 Å². The number of aliphatic carboxylic acids is 1. The first-order chi connectivity index (χ1) is 8.20. The molecule has 7 heteroatoms. The summed E-state index contributed by atoms with van der Waals surface area (Å²) in [6.45, 7) is 1.49. The highest BCUT2D eigenvalue weighted by Crippen LogP contribution is 2.31. The first-order valence-electron chi connectivity index (χ1n) is 5.05. The molecule has 2 N–H and O–H groups in total. The Labute approximate surface area is 100 Å². The molecule has 0 aromatic heterocycles. The van der Waals surface area contributed by atoms with Crippen molar-refractivity contribution in [3.05, 3.63) is 29.6 Å². The molecular formula is C11H11F4NO2. The molecule has 0 fully saturated rings. The smallest absolute Gasteiger partial charge is 0.416 e. The summed E-state index contributed by atoms with van der Waals surface area (Å²) in [5.74, 6) is -2.15. The maximum Gasteiger partial charge on any atom is 0.416 e.